The number of piperazine rings is 1. The van der Waals surface area contributed by atoms with Gasteiger partial charge in [0.15, 0.2) is 0 Å². The molecule has 0 aliphatic carbocycles. The van der Waals surface area contributed by atoms with E-state index in [2.05, 4.69) is 14.9 Å². The molecule has 4 heterocycles. The number of sulfonamides is 1. The van der Waals surface area contributed by atoms with Gasteiger partial charge in [-0.25, -0.2) is 23.9 Å². The highest BCUT2D eigenvalue weighted by molar-refractivity contribution is 8.03. The van der Waals surface area contributed by atoms with Crippen LogP contribution in [0.2, 0.25) is 0 Å². The molecule has 3 aliphatic rings. The van der Waals surface area contributed by atoms with Crippen LogP contribution in [0.4, 0.5) is 5.95 Å². The number of allylic oxidation sites excluding steroid dienone is 1. The lowest BCUT2D eigenvalue weighted by molar-refractivity contribution is 0.0431. The van der Waals surface area contributed by atoms with Gasteiger partial charge in [-0.15, -0.1) is 11.8 Å². The molecule has 0 radical (unpaired) electrons. The first-order valence-corrected chi connectivity index (χ1v) is 14.7. The molecule has 5 rings (SSSR count). The number of morpholine rings is 1. The van der Waals surface area contributed by atoms with Gasteiger partial charge in [-0.05, 0) is 29.7 Å². The van der Waals surface area contributed by atoms with Crippen molar-refractivity contribution in [1.29, 1.82) is 0 Å². The zero-order chi connectivity index (χ0) is 25.8. The average molecular weight is 547 g/mol. The summed E-state index contributed by atoms with van der Waals surface area (Å²) in [5.74, 6) is 0.775. The third-order valence-electron chi connectivity index (χ3n) is 6.80. The van der Waals surface area contributed by atoms with E-state index in [0.717, 1.165) is 50.6 Å². The highest BCUT2D eigenvalue weighted by Gasteiger charge is 2.30. The zero-order valence-corrected chi connectivity index (χ0v) is 22.0. The summed E-state index contributed by atoms with van der Waals surface area (Å²) < 4.78 is 33.6. The second-order valence-corrected chi connectivity index (χ2v) is 12.1. The summed E-state index contributed by atoms with van der Waals surface area (Å²) in [5.41, 5.74) is 4.08. The quantitative estimate of drug-likeness (QED) is 0.387. The van der Waals surface area contributed by atoms with Crippen molar-refractivity contribution in [2.24, 2.45) is 0 Å². The fraction of sp³-hybridized carbons (Fsp3) is 0.458. The first-order valence-electron chi connectivity index (χ1n) is 12.2. The number of hydroxylamine groups is 1. The summed E-state index contributed by atoms with van der Waals surface area (Å²) in [7, 11) is -3.62. The van der Waals surface area contributed by atoms with E-state index >= 15 is 0 Å². The molecular formula is C24H30N6O5S2. The number of anilines is 1. The molecule has 2 aromatic rings. The van der Waals surface area contributed by atoms with E-state index in [1.54, 1.807) is 17.6 Å². The van der Waals surface area contributed by atoms with Gasteiger partial charge in [-0.3, -0.25) is 14.9 Å². The normalized spacial score (nSPS) is 19.9. The van der Waals surface area contributed by atoms with Crippen molar-refractivity contribution in [3.8, 4) is 0 Å². The Kier molecular flexibility index (Phi) is 8.07. The van der Waals surface area contributed by atoms with Gasteiger partial charge >= 0.3 is 0 Å². The Morgan fingerprint density at radius 2 is 1.70 bits per heavy atom. The van der Waals surface area contributed by atoms with Crippen molar-refractivity contribution in [1.82, 2.24) is 24.7 Å². The highest BCUT2D eigenvalue weighted by atomic mass is 32.2. The summed E-state index contributed by atoms with van der Waals surface area (Å²) >= 11 is 1.90. The van der Waals surface area contributed by atoms with Crippen LogP contribution in [0.5, 0.6) is 0 Å². The molecule has 1 aromatic carbocycles. The predicted molar refractivity (Wildman–Crippen MR) is 140 cm³/mol. The largest absolute Gasteiger partial charge is 0.379 e. The molecule has 2 N–H and O–H groups in total. The van der Waals surface area contributed by atoms with Gasteiger partial charge < -0.3 is 9.64 Å². The smallest absolute Gasteiger partial charge is 0.277 e. The number of hydrogen-bond donors (Lipinski definition) is 2. The number of amides is 1. The van der Waals surface area contributed by atoms with Crippen molar-refractivity contribution in [3.05, 3.63) is 52.7 Å². The molecule has 0 saturated carbocycles. The first kappa shape index (κ1) is 26.1. The minimum absolute atomic E-state index is 0.135. The van der Waals surface area contributed by atoms with Gasteiger partial charge in [0.05, 0.1) is 23.7 Å². The van der Waals surface area contributed by atoms with Gasteiger partial charge in [0.25, 0.3) is 5.91 Å². The summed E-state index contributed by atoms with van der Waals surface area (Å²) in [4.78, 5) is 25.7. The van der Waals surface area contributed by atoms with Gasteiger partial charge in [0.2, 0.25) is 16.0 Å². The molecule has 0 unspecified atom stereocenters. The number of aromatic nitrogens is 2. The molecule has 1 aromatic heterocycles. The molecule has 1 amide bonds. The Balaban J connectivity index is 1.22. The maximum atomic E-state index is 13.3. The molecule has 2 fully saturated rings. The Morgan fingerprint density at radius 1 is 1.03 bits per heavy atom. The lowest BCUT2D eigenvalue weighted by atomic mass is 10.0. The molecule has 0 atom stereocenters. The predicted octanol–water partition coefficient (Wildman–Crippen LogP) is 1.29. The van der Waals surface area contributed by atoms with E-state index in [0.29, 0.717) is 37.0 Å². The number of nitrogens with one attached hydrogen (secondary N) is 1. The third-order valence-corrected chi connectivity index (χ3v) is 9.84. The van der Waals surface area contributed by atoms with Crippen LogP contribution in [0.25, 0.3) is 5.57 Å². The van der Waals surface area contributed by atoms with Crippen molar-refractivity contribution in [3.63, 3.8) is 0 Å². The van der Waals surface area contributed by atoms with Gasteiger partial charge in [-0.2, -0.15) is 4.31 Å². The second kappa shape index (κ2) is 11.5. The fourth-order valence-corrected chi connectivity index (χ4v) is 7.33. The fourth-order valence-electron chi connectivity index (χ4n) is 4.68. The minimum atomic E-state index is -3.62. The summed E-state index contributed by atoms with van der Waals surface area (Å²) in [6, 6.07) is 7.30. The van der Waals surface area contributed by atoms with Crippen LogP contribution in [0, 0.1) is 0 Å². The zero-order valence-electron chi connectivity index (χ0n) is 20.4. The number of hydrogen-bond acceptors (Lipinski definition) is 10. The van der Waals surface area contributed by atoms with E-state index in [-0.39, 0.29) is 5.56 Å². The highest BCUT2D eigenvalue weighted by Crippen LogP contribution is 2.38. The van der Waals surface area contributed by atoms with Crippen LogP contribution in [-0.4, -0.2) is 103 Å². The monoisotopic (exact) mass is 546 g/mol. The standard InChI is InChI=1S/C24H30N6O5S2/c31-23(27-32)19-15-25-24(26-16-19)29-6-8-30(9-7-29)37(33,34)20-3-1-18(2-4-20)21-5-14-36-22(21)17-28-10-12-35-13-11-28/h1-4,15-16,32H,5-14,17H2,(H,27,31). The van der Waals surface area contributed by atoms with E-state index in [4.69, 9.17) is 9.94 Å². The molecule has 11 nitrogen and oxygen atoms in total. The summed E-state index contributed by atoms with van der Waals surface area (Å²) in [6.07, 6.45) is 3.64. The van der Waals surface area contributed by atoms with Crippen LogP contribution in [0.15, 0.2) is 46.5 Å². The lowest BCUT2D eigenvalue weighted by Crippen LogP contribution is -2.49. The number of rotatable bonds is 7. The third kappa shape index (κ3) is 5.81. The van der Waals surface area contributed by atoms with Gasteiger partial charge in [0.1, 0.15) is 0 Å². The Labute approximate surface area is 220 Å². The molecule has 198 valence electrons. The Morgan fingerprint density at radius 3 is 2.35 bits per heavy atom. The molecule has 3 aliphatic heterocycles. The first-order chi connectivity index (χ1) is 18.0. The molecule has 0 spiro atoms. The Hall–Kier alpha value is -2.55. The minimum Gasteiger partial charge on any atom is -0.379 e. The maximum absolute atomic E-state index is 13.3. The van der Waals surface area contributed by atoms with E-state index < -0.39 is 15.9 Å². The van der Waals surface area contributed by atoms with Crippen molar-refractivity contribution in [2.45, 2.75) is 11.3 Å². The molecule has 13 heteroatoms. The number of ether oxygens (including phenoxy) is 1. The van der Waals surface area contributed by atoms with Crippen LogP contribution in [0.1, 0.15) is 22.3 Å². The SMILES string of the molecule is O=C(NO)c1cnc(N2CCN(S(=O)(=O)c3ccc(C4=C(CN5CCOCC5)SCC4)cc3)CC2)nc1. The molecular weight excluding hydrogens is 516 g/mol. The number of benzene rings is 1. The van der Waals surface area contributed by atoms with Crippen LogP contribution in [0.3, 0.4) is 0 Å². The average Bonchev–Trinajstić information content (AvgIpc) is 3.41. The number of nitrogens with zero attached hydrogens (tertiary/aromatic N) is 5. The lowest BCUT2D eigenvalue weighted by Gasteiger charge is -2.34. The van der Waals surface area contributed by atoms with Crippen LogP contribution in [-0.2, 0) is 14.8 Å². The van der Waals surface area contributed by atoms with Crippen molar-refractivity contribution >= 4 is 39.2 Å². The summed E-state index contributed by atoms with van der Waals surface area (Å²) in [5, 5.41) is 8.71. The van der Waals surface area contributed by atoms with Gasteiger partial charge in [-0.1, -0.05) is 12.1 Å². The molecule has 2 saturated heterocycles. The summed E-state index contributed by atoms with van der Waals surface area (Å²) in [6.45, 7) is 5.83. The van der Waals surface area contributed by atoms with E-state index in [1.807, 2.05) is 28.8 Å². The number of carbonyl (C=O) groups is 1. The molecule has 0 bridgehead atoms. The van der Waals surface area contributed by atoms with Crippen LogP contribution >= 0.6 is 11.8 Å². The molecule has 37 heavy (non-hydrogen) atoms. The van der Waals surface area contributed by atoms with Gasteiger partial charge in [0, 0.05) is 68.9 Å². The number of carbonyl (C=O) groups excluding carboxylic acids is 1. The van der Waals surface area contributed by atoms with E-state index in [9.17, 15) is 13.2 Å². The topological polar surface area (TPSA) is 128 Å². The van der Waals surface area contributed by atoms with Crippen molar-refractivity contribution < 1.29 is 23.2 Å². The number of thioether (sulfide) groups is 1. The second-order valence-electron chi connectivity index (χ2n) is 9.02. The van der Waals surface area contributed by atoms with E-state index in [1.165, 1.54) is 27.2 Å². The van der Waals surface area contributed by atoms with Crippen molar-refractivity contribution in [2.75, 3.05) is 69.7 Å². The maximum Gasteiger partial charge on any atom is 0.277 e. The van der Waals surface area contributed by atoms with Crippen LogP contribution < -0.4 is 10.4 Å². The Bertz CT molecular complexity index is 1240.